The summed E-state index contributed by atoms with van der Waals surface area (Å²) >= 11 is 5.45. The van der Waals surface area contributed by atoms with Crippen LogP contribution in [-0.2, 0) is 10.6 Å². The Kier molecular flexibility index (Phi) is 2.70. The van der Waals surface area contributed by atoms with Gasteiger partial charge in [-0.15, -0.1) is 11.6 Å². The molecule has 12 heavy (non-hydrogen) atoms. The Morgan fingerprint density at radius 3 is 2.83 bits per heavy atom. The lowest BCUT2D eigenvalue weighted by Gasteiger charge is -1.91. The van der Waals surface area contributed by atoms with Crippen molar-refractivity contribution in [1.29, 1.82) is 0 Å². The first-order valence-corrected chi connectivity index (χ1v) is 3.83. The van der Waals surface area contributed by atoms with Gasteiger partial charge in [-0.25, -0.2) is 9.78 Å². The molecule has 1 aromatic rings. The normalized spacial score (nSPS) is 9.92. The summed E-state index contributed by atoms with van der Waals surface area (Å²) in [5.74, 6) is 0.400. The highest BCUT2D eigenvalue weighted by Crippen LogP contribution is 2.12. The topological polar surface area (TPSA) is 52.3 Å². The van der Waals surface area contributed by atoms with E-state index in [9.17, 15) is 4.79 Å². The van der Waals surface area contributed by atoms with Crippen LogP contribution in [-0.4, -0.2) is 18.1 Å². The second-order valence-corrected chi connectivity index (χ2v) is 2.40. The molecule has 0 saturated heterocycles. The minimum Gasteiger partial charge on any atom is -0.464 e. The number of methoxy groups -OCH3 is 1. The van der Waals surface area contributed by atoms with Gasteiger partial charge in [-0.2, -0.15) is 0 Å². The van der Waals surface area contributed by atoms with Crippen molar-refractivity contribution in [3.8, 4) is 0 Å². The molecule has 4 nitrogen and oxygen atoms in total. The van der Waals surface area contributed by atoms with Crippen molar-refractivity contribution in [3.05, 3.63) is 17.3 Å². The van der Waals surface area contributed by atoms with Crippen LogP contribution in [0.3, 0.4) is 0 Å². The molecule has 0 radical (unpaired) electrons. The van der Waals surface area contributed by atoms with Gasteiger partial charge in [0.05, 0.1) is 13.0 Å². The second-order valence-electron chi connectivity index (χ2n) is 2.14. The Hall–Kier alpha value is -1.03. The molecule has 0 N–H and O–H groups in total. The lowest BCUT2D eigenvalue weighted by atomic mass is 10.4. The van der Waals surface area contributed by atoms with E-state index in [0.29, 0.717) is 11.7 Å². The van der Waals surface area contributed by atoms with Gasteiger partial charge in [0.2, 0.25) is 5.89 Å². The van der Waals surface area contributed by atoms with E-state index >= 15 is 0 Å². The molecule has 0 aromatic carbocycles. The van der Waals surface area contributed by atoms with Gasteiger partial charge in [-0.05, 0) is 6.92 Å². The second kappa shape index (κ2) is 3.58. The number of esters is 1. The van der Waals surface area contributed by atoms with E-state index in [-0.39, 0.29) is 11.6 Å². The van der Waals surface area contributed by atoms with Gasteiger partial charge in [0.15, 0.2) is 5.69 Å². The highest BCUT2D eigenvalue weighted by Gasteiger charge is 2.16. The number of hydrogen-bond donors (Lipinski definition) is 0. The van der Waals surface area contributed by atoms with Crippen LogP contribution in [0.25, 0.3) is 0 Å². The Morgan fingerprint density at radius 2 is 2.42 bits per heavy atom. The average molecular weight is 190 g/mol. The number of nitrogens with zero attached hydrogens (tertiary/aromatic N) is 1. The standard InChI is InChI=1S/C7H8ClNO3/c1-4-6(7(10)11-2)9-5(3-8)12-4/h3H2,1-2H3. The number of carbonyl (C=O) groups excluding carboxylic acids is 1. The third-order valence-electron chi connectivity index (χ3n) is 1.33. The molecule has 0 aliphatic rings. The first kappa shape index (κ1) is 9.06. The highest BCUT2D eigenvalue weighted by molar-refractivity contribution is 6.16. The van der Waals surface area contributed by atoms with Crippen molar-refractivity contribution < 1.29 is 13.9 Å². The van der Waals surface area contributed by atoms with Crippen molar-refractivity contribution in [2.75, 3.05) is 7.11 Å². The van der Waals surface area contributed by atoms with Crippen LogP contribution in [0.5, 0.6) is 0 Å². The molecule has 66 valence electrons. The summed E-state index contributed by atoms with van der Waals surface area (Å²) in [5.41, 5.74) is 0.188. The largest absolute Gasteiger partial charge is 0.464 e. The van der Waals surface area contributed by atoms with Gasteiger partial charge < -0.3 is 9.15 Å². The van der Waals surface area contributed by atoms with E-state index in [1.165, 1.54) is 7.11 Å². The molecule has 1 heterocycles. The maximum Gasteiger partial charge on any atom is 0.360 e. The van der Waals surface area contributed by atoms with Crippen LogP contribution < -0.4 is 0 Å². The van der Waals surface area contributed by atoms with Gasteiger partial charge in [0, 0.05) is 0 Å². The molecule has 0 aliphatic heterocycles. The van der Waals surface area contributed by atoms with Crippen molar-refractivity contribution in [2.45, 2.75) is 12.8 Å². The average Bonchev–Trinajstić information content (AvgIpc) is 2.45. The molecule has 0 fully saturated rings. The number of rotatable bonds is 2. The first-order chi connectivity index (χ1) is 5.69. The van der Waals surface area contributed by atoms with E-state index in [0.717, 1.165) is 0 Å². The highest BCUT2D eigenvalue weighted by atomic mass is 35.5. The Morgan fingerprint density at radius 1 is 1.75 bits per heavy atom. The van der Waals surface area contributed by atoms with Crippen LogP contribution in [0, 0.1) is 6.92 Å². The maximum absolute atomic E-state index is 11.0. The van der Waals surface area contributed by atoms with Crippen molar-refractivity contribution in [1.82, 2.24) is 4.98 Å². The van der Waals surface area contributed by atoms with Gasteiger partial charge in [-0.3, -0.25) is 0 Å². The summed E-state index contributed by atoms with van der Waals surface area (Å²) in [4.78, 5) is 14.8. The number of aromatic nitrogens is 1. The van der Waals surface area contributed by atoms with E-state index in [1.54, 1.807) is 6.92 Å². The molecule has 0 aliphatic carbocycles. The number of hydrogen-bond acceptors (Lipinski definition) is 4. The number of carbonyl (C=O) groups is 1. The molecule has 0 spiro atoms. The Balaban J connectivity index is 2.99. The van der Waals surface area contributed by atoms with Crippen LogP contribution in [0.2, 0.25) is 0 Å². The minimum atomic E-state index is -0.507. The van der Waals surface area contributed by atoms with Crippen LogP contribution in [0.1, 0.15) is 22.1 Å². The lowest BCUT2D eigenvalue weighted by Crippen LogP contribution is -2.03. The molecule has 1 aromatic heterocycles. The fourth-order valence-electron chi connectivity index (χ4n) is 0.795. The molecular formula is C7H8ClNO3. The Bertz CT molecular complexity index is 295. The summed E-state index contributed by atoms with van der Waals surface area (Å²) in [6.07, 6.45) is 0. The number of aryl methyl sites for hydroxylation is 1. The SMILES string of the molecule is COC(=O)c1nc(CCl)oc1C. The number of halogens is 1. The third kappa shape index (κ3) is 1.58. The molecule has 0 saturated carbocycles. The van der Waals surface area contributed by atoms with E-state index in [1.807, 2.05) is 0 Å². The molecule has 0 amide bonds. The van der Waals surface area contributed by atoms with Crippen molar-refractivity contribution >= 4 is 17.6 Å². The third-order valence-corrected chi connectivity index (χ3v) is 1.56. The van der Waals surface area contributed by atoms with Crippen molar-refractivity contribution in [2.24, 2.45) is 0 Å². The Labute approximate surface area is 74.5 Å². The zero-order valence-electron chi connectivity index (χ0n) is 6.76. The van der Waals surface area contributed by atoms with Crippen LogP contribution in [0.15, 0.2) is 4.42 Å². The zero-order valence-corrected chi connectivity index (χ0v) is 7.51. The number of ether oxygens (including phenoxy) is 1. The van der Waals surface area contributed by atoms with E-state index in [2.05, 4.69) is 9.72 Å². The fraction of sp³-hybridized carbons (Fsp3) is 0.429. The van der Waals surface area contributed by atoms with E-state index < -0.39 is 5.97 Å². The van der Waals surface area contributed by atoms with Gasteiger partial charge >= 0.3 is 5.97 Å². The molecule has 0 atom stereocenters. The first-order valence-electron chi connectivity index (χ1n) is 3.29. The lowest BCUT2D eigenvalue weighted by molar-refractivity contribution is 0.0593. The van der Waals surface area contributed by atoms with E-state index in [4.69, 9.17) is 16.0 Å². The quantitative estimate of drug-likeness (QED) is 0.523. The predicted octanol–water partition coefficient (Wildman–Crippen LogP) is 1.51. The molecule has 0 bridgehead atoms. The van der Waals surface area contributed by atoms with Gasteiger partial charge in [0.25, 0.3) is 0 Å². The summed E-state index contributed by atoms with van der Waals surface area (Å²) in [6.45, 7) is 1.63. The van der Waals surface area contributed by atoms with Gasteiger partial charge in [-0.1, -0.05) is 0 Å². The number of oxazole rings is 1. The van der Waals surface area contributed by atoms with Crippen LogP contribution >= 0.6 is 11.6 Å². The zero-order chi connectivity index (χ0) is 9.14. The number of alkyl halides is 1. The van der Waals surface area contributed by atoms with Gasteiger partial charge in [0.1, 0.15) is 5.76 Å². The molecule has 5 heteroatoms. The summed E-state index contributed by atoms with van der Waals surface area (Å²) in [6, 6.07) is 0. The smallest absolute Gasteiger partial charge is 0.360 e. The molecule has 1 rings (SSSR count). The summed E-state index contributed by atoms with van der Waals surface area (Å²) in [7, 11) is 1.29. The predicted molar refractivity (Wildman–Crippen MR) is 42.1 cm³/mol. The minimum absolute atomic E-state index is 0.151. The molecule has 0 unspecified atom stereocenters. The monoisotopic (exact) mass is 189 g/mol. The summed E-state index contributed by atoms with van der Waals surface area (Å²) < 4.78 is 9.51. The van der Waals surface area contributed by atoms with Crippen LogP contribution in [0.4, 0.5) is 0 Å². The van der Waals surface area contributed by atoms with Crippen molar-refractivity contribution in [3.63, 3.8) is 0 Å². The summed E-state index contributed by atoms with van der Waals surface area (Å²) in [5, 5.41) is 0. The fourth-order valence-corrected chi connectivity index (χ4v) is 0.909. The molecular weight excluding hydrogens is 182 g/mol. The maximum atomic E-state index is 11.0.